The molecular weight excluding hydrogens is 450 g/mol. The maximum Gasteiger partial charge on any atom is 0.336 e. The molecule has 0 fully saturated rings. The molecule has 0 N–H and O–H groups in total. The lowest BCUT2D eigenvalue weighted by Crippen LogP contribution is -2.11. The number of methoxy groups -OCH3 is 1. The van der Waals surface area contributed by atoms with Crippen LogP contribution in [0.1, 0.15) is 6.92 Å². The topological polar surface area (TPSA) is 111 Å². The van der Waals surface area contributed by atoms with Crippen molar-refractivity contribution in [3.05, 3.63) is 48.5 Å². The largest absolute Gasteiger partial charge is 0.497 e. The number of benzene rings is 2. The molecule has 1 aromatic heterocycles. The molecule has 0 aliphatic heterocycles. The molecule has 0 spiro atoms. The molecule has 3 rings (SSSR count). The SMILES string of the molecule is CCOCCOc1nc(-c2ccc(OCCOS(C)(=O)=O)cc2)n(-c2ccc(OC)cc2)n1. The molecule has 2 aromatic carbocycles. The highest BCUT2D eigenvalue weighted by atomic mass is 32.2. The van der Waals surface area contributed by atoms with Crippen LogP contribution in [0.25, 0.3) is 17.1 Å². The highest BCUT2D eigenvalue weighted by Gasteiger charge is 2.15. The van der Waals surface area contributed by atoms with E-state index in [-0.39, 0.29) is 19.2 Å². The fraction of sp³-hybridized carbons (Fsp3) is 0.364. The number of hydrogen-bond acceptors (Lipinski definition) is 9. The zero-order valence-corrected chi connectivity index (χ0v) is 19.6. The van der Waals surface area contributed by atoms with E-state index in [9.17, 15) is 8.42 Å². The van der Waals surface area contributed by atoms with Gasteiger partial charge in [0.25, 0.3) is 10.1 Å². The minimum absolute atomic E-state index is 0.0607. The minimum atomic E-state index is -3.49. The Morgan fingerprint density at radius 3 is 2.18 bits per heavy atom. The predicted molar refractivity (Wildman–Crippen MR) is 122 cm³/mol. The van der Waals surface area contributed by atoms with Gasteiger partial charge in [-0.05, 0) is 55.5 Å². The second-order valence-electron chi connectivity index (χ2n) is 6.77. The van der Waals surface area contributed by atoms with Crippen LogP contribution < -0.4 is 14.2 Å². The van der Waals surface area contributed by atoms with Crippen LogP contribution in [0, 0.1) is 0 Å². The van der Waals surface area contributed by atoms with Gasteiger partial charge in [0.05, 0.1) is 25.7 Å². The van der Waals surface area contributed by atoms with E-state index >= 15 is 0 Å². The maximum atomic E-state index is 11.0. The summed E-state index contributed by atoms with van der Waals surface area (Å²) in [6, 6.07) is 14.9. The first-order valence-corrected chi connectivity index (χ1v) is 12.1. The average molecular weight is 478 g/mol. The summed E-state index contributed by atoms with van der Waals surface area (Å²) in [5, 5.41) is 4.50. The summed E-state index contributed by atoms with van der Waals surface area (Å²) in [7, 11) is -1.88. The third kappa shape index (κ3) is 7.45. The number of ether oxygens (including phenoxy) is 4. The molecule has 0 amide bonds. The van der Waals surface area contributed by atoms with Gasteiger partial charge in [0.2, 0.25) is 0 Å². The van der Waals surface area contributed by atoms with Crippen molar-refractivity contribution in [3.63, 3.8) is 0 Å². The first-order valence-electron chi connectivity index (χ1n) is 10.3. The molecule has 0 atom stereocenters. The lowest BCUT2D eigenvalue weighted by molar-refractivity contribution is 0.106. The van der Waals surface area contributed by atoms with Gasteiger partial charge in [-0.15, -0.1) is 5.10 Å². The number of rotatable bonds is 13. The molecule has 1 heterocycles. The minimum Gasteiger partial charge on any atom is -0.497 e. The average Bonchev–Trinajstić information content (AvgIpc) is 3.23. The third-order valence-electron chi connectivity index (χ3n) is 4.33. The van der Waals surface area contributed by atoms with Gasteiger partial charge in [0.1, 0.15) is 31.3 Å². The van der Waals surface area contributed by atoms with Crippen molar-refractivity contribution in [1.29, 1.82) is 0 Å². The predicted octanol–water partition coefficient (Wildman–Crippen LogP) is 2.71. The highest BCUT2D eigenvalue weighted by Crippen LogP contribution is 2.26. The van der Waals surface area contributed by atoms with Crippen molar-refractivity contribution < 1.29 is 31.5 Å². The van der Waals surface area contributed by atoms with Crippen LogP contribution in [0.4, 0.5) is 0 Å². The highest BCUT2D eigenvalue weighted by molar-refractivity contribution is 7.85. The number of nitrogens with zero attached hydrogens (tertiary/aromatic N) is 3. The lowest BCUT2D eigenvalue weighted by atomic mass is 10.2. The van der Waals surface area contributed by atoms with Gasteiger partial charge in [-0.2, -0.15) is 13.4 Å². The van der Waals surface area contributed by atoms with Gasteiger partial charge in [-0.25, -0.2) is 4.68 Å². The van der Waals surface area contributed by atoms with Gasteiger partial charge in [-0.1, -0.05) is 0 Å². The molecule has 0 saturated heterocycles. The molecule has 0 saturated carbocycles. The van der Waals surface area contributed by atoms with E-state index in [1.54, 1.807) is 23.9 Å². The second-order valence-corrected chi connectivity index (χ2v) is 8.42. The van der Waals surface area contributed by atoms with Gasteiger partial charge >= 0.3 is 6.01 Å². The molecule has 33 heavy (non-hydrogen) atoms. The first-order chi connectivity index (χ1) is 15.9. The molecule has 0 aliphatic carbocycles. The molecule has 0 unspecified atom stereocenters. The summed E-state index contributed by atoms with van der Waals surface area (Å²) in [5.41, 5.74) is 1.58. The van der Waals surface area contributed by atoms with Crippen molar-refractivity contribution in [3.8, 4) is 34.6 Å². The van der Waals surface area contributed by atoms with Crippen molar-refractivity contribution in [1.82, 2.24) is 14.8 Å². The Hall–Kier alpha value is -3.15. The van der Waals surface area contributed by atoms with Crippen LogP contribution in [-0.4, -0.2) is 69.6 Å². The fourth-order valence-electron chi connectivity index (χ4n) is 2.83. The number of aromatic nitrogens is 3. The fourth-order valence-corrected chi connectivity index (χ4v) is 3.20. The Bertz CT molecular complexity index is 1110. The van der Waals surface area contributed by atoms with E-state index in [1.807, 2.05) is 43.3 Å². The Kier molecular flexibility index (Phi) is 8.64. The molecule has 11 heteroatoms. The zero-order valence-electron chi connectivity index (χ0n) is 18.8. The number of hydrogen-bond donors (Lipinski definition) is 0. The van der Waals surface area contributed by atoms with Gasteiger partial charge < -0.3 is 18.9 Å². The van der Waals surface area contributed by atoms with Gasteiger partial charge in [0.15, 0.2) is 5.82 Å². The Morgan fingerprint density at radius 2 is 1.55 bits per heavy atom. The van der Waals surface area contributed by atoms with Crippen LogP contribution >= 0.6 is 0 Å². The van der Waals surface area contributed by atoms with Crippen molar-refractivity contribution in [2.24, 2.45) is 0 Å². The molecular formula is C22H27N3O7S. The van der Waals surface area contributed by atoms with Crippen LogP contribution in [0.15, 0.2) is 48.5 Å². The summed E-state index contributed by atoms with van der Waals surface area (Å²) >= 11 is 0. The van der Waals surface area contributed by atoms with Crippen LogP contribution in [0.2, 0.25) is 0 Å². The van der Waals surface area contributed by atoms with Crippen molar-refractivity contribution in [2.45, 2.75) is 6.92 Å². The van der Waals surface area contributed by atoms with E-state index in [4.69, 9.17) is 18.9 Å². The zero-order chi connectivity index (χ0) is 23.7. The van der Waals surface area contributed by atoms with Crippen LogP contribution in [-0.2, 0) is 19.0 Å². The van der Waals surface area contributed by atoms with Crippen LogP contribution in [0.5, 0.6) is 17.5 Å². The summed E-state index contributed by atoms with van der Waals surface area (Å²) in [6.07, 6.45) is 0.996. The maximum absolute atomic E-state index is 11.0. The molecule has 10 nitrogen and oxygen atoms in total. The molecule has 3 aromatic rings. The van der Waals surface area contributed by atoms with Gasteiger partial charge in [-0.3, -0.25) is 4.18 Å². The molecule has 178 valence electrons. The second kappa shape index (κ2) is 11.6. The van der Waals surface area contributed by atoms with E-state index in [0.717, 1.165) is 23.3 Å². The summed E-state index contributed by atoms with van der Waals surface area (Å²) in [5.74, 6) is 1.88. The molecule has 0 aliphatic rings. The first kappa shape index (κ1) is 24.5. The Balaban J connectivity index is 1.78. The standard InChI is InChI=1S/C22H27N3O7S/c1-4-29-13-14-31-22-23-21(25(24-22)18-7-11-19(28-2)12-8-18)17-5-9-20(10-6-17)30-15-16-32-33(3,26)27/h5-12H,4,13-16H2,1-3H3. The smallest absolute Gasteiger partial charge is 0.336 e. The van der Waals surface area contributed by atoms with Crippen molar-refractivity contribution in [2.75, 3.05) is 46.4 Å². The summed E-state index contributed by atoms with van der Waals surface area (Å²) in [6.45, 7) is 3.35. The van der Waals surface area contributed by atoms with Crippen molar-refractivity contribution >= 4 is 10.1 Å². The van der Waals surface area contributed by atoms with E-state index in [2.05, 4.69) is 14.3 Å². The molecule has 0 bridgehead atoms. The molecule has 0 radical (unpaired) electrons. The normalized spacial score (nSPS) is 11.4. The van der Waals surface area contributed by atoms with Gasteiger partial charge in [0, 0.05) is 12.2 Å². The third-order valence-corrected chi connectivity index (χ3v) is 4.92. The Labute approximate surface area is 193 Å². The van der Waals surface area contributed by atoms with E-state index < -0.39 is 10.1 Å². The van der Waals surface area contributed by atoms with E-state index in [0.29, 0.717) is 31.4 Å². The monoisotopic (exact) mass is 477 g/mol. The van der Waals surface area contributed by atoms with E-state index in [1.165, 1.54) is 0 Å². The Morgan fingerprint density at radius 1 is 0.879 bits per heavy atom. The summed E-state index contributed by atoms with van der Waals surface area (Å²) in [4.78, 5) is 4.54. The summed E-state index contributed by atoms with van der Waals surface area (Å²) < 4.78 is 50.1. The lowest BCUT2D eigenvalue weighted by Gasteiger charge is -2.09. The van der Waals surface area contributed by atoms with Crippen LogP contribution in [0.3, 0.4) is 0 Å². The quantitative estimate of drug-likeness (QED) is 0.271.